The Morgan fingerprint density at radius 2 is 1.88 bits per heavy atom. The van der Waals surface area contributed by atoms with Gasteiger partial charge in [-0.05, 0) is 31.1 Å². The normalized spacial score (nSPS) is 15.2. The number of aromatic nitrogens is 1. The highest BCUT2D eigenvalue weighted by atomic mass is 28.4. The lowest BCUT2D eigenvalue weighted by molar-refractivity contribution is -0.187. The van der Waals surface area contributed by atoms with Crippen LogP contribution in [0.5, 0.6) is 0 Å². The van der Waals surface area contributed by atoms with Gasteiger partial charge in [-0.3, -0.25) is 4.98 Å². The van der Waals surface area contributed by atoms with E-state index in [0.29, 0.717) is 0 Å². The van der Waals surface area contributed by atoms with Crippen LogP contribution in [-0.2, 0) is 15.0 Å². The average molecular weight is 379 g/mol. The lowest BCUT2D eigenvalue weighted by Gasteiger charge is -2.41. The molecule has 3 nitrogen and oxygen atoms in total. The van der Waals surface area contributed by atoms with Gasteiger partial charge in [-0.25, -0.2) is 13.2 Å². The van der Waals surface area contributed by atoms with Crippen LogP contribution in [0, 0.1) is 5.82 Å². The Morgan fingerprint density at radius 1 is 1.32 bits per heavy atom. The molecule has 0 radical (unpaired) electrons. The van der Waals surface area contributed by atoms with Crippen molar-refractivity contribution in [3.63, 3.8) is 0 Å². The van der Waals surface area contributed by atoms with Crippen molar-refractivity contribution >= 4 is 14.1 Å². The number of halogens is 4. The molecule has 1 rings (SSSR count). The molecule has 0 saturated carbocycles. The van der Waals surface area contributed by atoms with Gasteiger partial charge in [0.25, 0.3) is 0 Å². The smallest absolute Gasteiger partial charge is 0.307 e. The Bertz CT molecular complexity index is 632. The first-order valence-electron chi connectivity index (χ1n) is 7.92. The molecule has 0 aliphatic heterocycles. The summed E-state index contributed by atoms with van der Waals surface area (Å²) in [6.45, 7) is 13.9. The van der Waals surface area contributed by atoms with E-state index < -0.39 is 37.1 Å². The van der Waals surface area contributed by atoms with Gasteiger partial charge >= 0.3 is 12.3 Å². The molecule has 1 heterocycles. The second-order valence-electron chi connectivity index (χ2n) is 7.19. The molecule has 1 unspecified atom stereocenters. The summed E-state index contributed by atoms with van der Waals surface area (Å²) in [5.74, 6) is -5.01. The Hall–Kier alpha value is -1.41. The van der Waals surface area contributed by atoms with Crippen molar-refractivity contribution in [2.24, 2.45) is 0 Å². The van der Waals surface area contributed by atoms with Gasteiger partial charge in [-0.15, -0.1) is 0 Å². The highest BCUT2D eigenvalue weighted by Gasteiger charge is 2.54. The van der Waals surface area contributed by atoms with Gasteiger partial charge in [0.05, 0.1) is 12.2 Å². The fraction of sp³-hybridized carbons (Fsp3) is 0.588. The van der Waals surface area contributed by atoms with Crippen LogP contribution in [-0.4, -0.2) is 26.3 Å². The first-order valence-corrected chi connectivity index (χ1v) is 10.8. The van der Waals surface area contributed by atoms with E-state index in [-0.39, 0.29) is 17.9 Å². The Labute approximate surface area is 147 Å². The molecule has 0 amide bonds. The maximum Gasteiger partial charge on any atom is 0.307 e. The van der Waals surface area contributed by atoms with Crippen LogP contribution in [0.4, 0.5) is 17.6 Å². The summed E-state index contributed by atoms with van der Waals surface area (Å²) in [7, 11) is -2.98. The van der Waals surface area contributed by atoms with Gasteiger partial charge in [-0.1, -0.05) is 27.4 Å². The van der Waals surface area contributed by atoms with Crippen LogP contribution in [0.25, 0.3) is 5.76 Å². The molecule has 0 spiro atoms. The van der Waals surface area contributed by atoms with E-state index in [4.69, 9.17) is 9.16 Å². The summed E-state index contributed by atoms with van der Waals surface area (Å²) in [5.41, 5.74) is -1.32. The molecule has 0 fully saturated rings. The molecular weight excluding hydrogens is 354 g/mol. The molecule has 8 heteroatoms. The van der Waals surface area contributed by atoms with E-state index in [1.807, 2.05) is 0 Å². The van der Waals surface area contributed by atoms with Crippen LogP contribution in [0.15, 0.2) is 18.8 Å². The summed E-state index contributed by atoms with van der Waals surface area (Å²) in [6.07, 6.45) is -2.58. The lowest BCUT2D eigenvalue weighted by Crippen LogP contribution is -2.50. The number of rotatable bonds is 7. The topological polar surface area (TPSA) is 31.4 Å². The van der Waals surface area contributed by atoms with E-state index in [2.05, 4.69) is 11.6 Å². The average Bonchev–Trinajstić information content (AvgIpc) is 2.45. The lowest BCUT2D eigenvalue weighted by atomic mass is 10.1. The van der Waals surface area contributed by atoms with Crippen LogP contribution >= 0.6 is 0 Å². The van der Waals surface area contributed by atoms with Gasteiger partial charge in [-0.2, -0.15) is 4.39 Å². The quantitative estimate of drug-likeness (QED) is 0.349. The summed E-state index contributed by atoms with van der Waals surface area (Å²) < 4.78 is 67.6. The summed E-state index contributed by atoms with van der Waals surface area (Å²) in [4.78, 5) is 3.51. The Balaban J connectivity index is 3.46. The molecule has 142 valence electrons. The Morgan fingerprint density at radius 3 is 2.32 bits per heavy atom. The summed E-state index contributed by atoms with van der Waals surface area (Å²) in [5, 5.41) is -0.553. The fourth-order valence-electron chi connectivity index (χ4n) is 1.87. The van der Waals surface area contributed by atoms with E-state index in [9.17, 15) is 13.2 Å². The van der Waals surface area contributed by atoms with Crippen LogP contribution in [0.3, 0.4) is 0 Å². The molecule has 0 bridgehead atoms. The molecule has 25 heavy (non-hydrogen) atoms. The highest BCUT2D eigenvalue weighted by Crippen LogP contribution is 2.45. The van der Waals surface area contributed by atoms with Gasteiger partial charge in [0.1, 0.15) is 11.5 Å². The van der Waals surface area contributed by atoms with Gasteiger partial charge in [0, 0.05) is 6.20 Å². The Kier molecular flexibility index (Phi) is 6.45. The predicted molar refractivity (Wildman–Crippen MR) is 91.9 cm³/mol. The van der Waals surface area contributed by atoms with Crippen molar-refractivity contribution in [2.75, 3.05) is 6.61 Å². The number of hydrogen-bond acceptors (Lipinski definition) is 3. The first kappa shape index (κ1) is 21.6. The number of hydrogen-bond donors (Lipinski definition) is 0. The standard InChI is InChI=1S/C17H25F4NO2Si/c1-8-23-11(2)12-9-10-22-14(13(12)18)17(21,15(19)20)24-25(6,7)16(3,4)5/h9-10,15H,2,8H2,1,3-7H3. The van der Waals surface area contributed by atoms with Crippen molar-refractivity contribution in [3.05, 3.63) is 35.9 Å². The van der Waals surface area contributed by atoms with Gasteiger partial charge in [0.15, 0.2) is 14.1 Å². The van der Waals surface area contributed by atoms with Gasteiger partial charge in [0.2, 0.25) is 0 Å². The molecule has 0 aliphatic carbocycles. The molecule has 1 aromatic rings. The number of nitrogens with zero attached hydrogens (tertiary/aromatic N) is 1. The van der Waals surface area contributed by atoms with Crippen molar-refractivity contribution < 1.29 is 26.7 Å². The number of ether oxygens (including phenoxy) is 1. The largest absolute Gasteiger partial charge is 0.494 e. The van der Waals surface area contributed by atoms with Crippen LogP contribution < -0.4 is 0 Å². The van der Waals surface area contributed by atoms with Crippen molar-refractivity contribution in [2.45, 2.75) is 58.1 Å². The molecule has 1 aromatic heterocycles. The number of alkyl halides is 3. The van der Waals surface area contributed by atoms with Crippen LogP contribution in [0.2, 0.25) is 18.1 Å². The zero-order valence-electron chi connectivity index (χ0n) is 15.4. The monoisotopic (exact) mass is 379 g/mol. The zero-order chi connectivity index (χ0) is 19.6. The SMILES string of the molecule is C=C(OCC)c1ccnc(C(F)(O[Si](C)(C)C(C)(C)C)C(F)F)c1F. The van der Waals surface area contributed by atoms with E-state index in [1.54, 1.807) is 40.8 Å². The van der Waals surface area contributed by atoms with E-state index >= 15 is 4.39 Å². The summed E-state index contributed by atoms with van der Waals surface area (Å²) in [6, 6.07) is 1.19. The zero-order valence-corrected chi connectivity index (χ0v) is 16.4. The molecule has 0 aliphatic rings. The minimum atomic E-state index is -3.66. The van der Waals surface area contributed by atoms with Crippen molar-refractivity contribution in [3.8, 4) is 0 Å². The van der Waals surface area contributed by atoms with Crippen molar-refractivity contribution in [1.29, 1.82) is 0 Å². The van der Waals surface area contributed by atoms with Crippen LogP contribution in [0.1, 0.15) is 39.0 Å². The third-order valence-electron chi connectivity index (χ3n) is 4.32. The number of pyridine rings is 1. The van der Waals surface area contributed by atoms with Gasteiger partial charge < -0.3 is 9.16 Å². The molecule has 0 saturated heterocycles. The third kappa shape index (κ3) is 4.41. The summed E-state index contributed by atoms with van der Waals surface area (Å²) >= 11 is 0. The highest BCUT2D eigenvalue weighted by molar-refractivity contribution is 6.74. The molecular formula is C17H25F4NO2Si. The minimum absolute atomic E-state index is 0.0902. The first-order chi connectivity index (χ1) is 11.3. The third-order valence-corrected chi connectivity index (χ3v) is 8.74. The maximum atomic E-state index is 15.3. The fourth-order valence-corrected chi connectivity index (χ4v) is 3.10. The second kappa shape index (κ2) is 7.45. The van der Waals surface area contributed by atoms with E-state index in [1.165, 1.54) is 6.07 Å². The second-order valence-corrected chi connectivity index (χ2v) is 11.9. The molecule has 0 aromatic carbocycles. The molecule has 0 N–H and O–H groups in total. The minimum Gasteiger partial charge on any atom is -0.494 e. The maximum absolute atomic E-state index is 15.3. The predicted octanol–water partition coefficient (Wildman–Crippen LogP) is 5.64. The van der Waals surface area contributed by atoms with E-state index in [0.717, 1.165) is 6.20 Å². The molecule has 1 atom stereocenters. The van der Waals surface area contributed by atoms with Crippen molar-refractivity contribution in [1.82, 2.24) is 4.98 Å².